The molecule has 5 rings (SSSR count). The van der Waals surface area contributed by atoms with Crippen LogP contribution < -0.4 is 10.2 Å². The molecule has 0 aliphatic carbocycles. The summed E-state index contributed by atoms with van der Waals surface area (Å²) in [4.78, 5) is 25.1. The summed E-state index contributed by atoms with van der Waals surface area (Å²) in [5.74, 6) is 0.521. The number of piperazine rings is 1. The van der Waals surface area contributed by atoms with E-state index in [0.29, 0.717) is 47.6 Å². The van der Waals surface area contributed by atoms with Crippen molar-refractivity contribution in [2.45, 2.75) is 38.0 Å². The zero-order valence-electron chi connectivity index (χ0n) is 19.4. The minimum Gasteiger partial charge on any atom is -0.352 e. The SMILES string of the molecule is C[C@@H](c1ccc(Cl)cc1Cl)n1nc(C(F)(F)F)c2ncc(N3CCN(C(=O)C4CCCN4)CC3)nc21. The lowest BCUT2D eigenvalue weighted by Gasteiger charge is -2.36. The average Bonchev–Trinajstić information content (AvgIpc) is 3.51. The molecule has 13 heteroatoms. The van der Waals surface area contributed by atoms with Crippen LogP contribution in [0.15, 0.2) is 24.4 Å². The van der Waals surface area contributed by atoms with Crippen LogP contribution in [0.5, 0.6) is 0 Å². The lowest BCUT2D eigenvalue weighted by Crippen LogP contribution is -2.53. The molecule has 1 amide bonds. The summed E-state index contributed by atoms with van der Waals surface area (Å²) >= 11 is 12.3. The fourth-order valence-corrected chi connectivity index (χ4v) is 5.32. The molecule has 2 aliphatic heterocycles. The van der Waals surface area contributed by atoms with Gasteiger partial charge in [-0.2, -0.15) is 18.3 Å². The summed E-state index contributed by atoms with van der Waals surface area (Å²) in [7, 11) is 0. The molecule has 3 aromatic rings. The van der Waals surface area contributed by atoms with Gasteiger partial charge in [-0.15, -0.1) is 0 Å². The quantitative estimate of drug-likeness (QED) is 0.534. The van der Waals surface area contributed by atoms with Gasteiger partial charge in [-0.3, -0.25) is 4.79 Å². The van der Waals surface area contributed by atoms with Crippen LogP contribution in [0.2, 0.25) is 10.0 Å². The fraction of sp³-hybridized carbons (Fsp3) is 0.478. The van der Waals surface area contributed by atoms with E-state index in [4.69, 9.17) is 23.2 Å². The van der Waals surface area contributed by atoms with Crippen molar-refractivity contribution in [2.24, 2.45) is 0 Å². The van der Waals surface area contributed by atoms with E-state index in [1.807, 2.05) is 9.80 Å². The second kappa shape index (κ2) is 9.68. The number of fused-ring (bicyclic) bond motifs is 1. The first-order valence-electron chi connectivity index (χ1n) is 11.7. The van der Waals surface area contributed by atoms with Gasteiger partial charge in [0.1, 0.15) is 11.3 Å². The molecule has 8 nitrogen and oxygen atoms in total. The number of hydrogen-bond acceptors (Lipinski definition) is 6. The van der Waals surface area contributed by atoms with Crippen LogP contribution in [0, 0.1) is 0 Å². The highest BCUT2D eigenvalue weighted by Crippen LogP contribution is 2.36. The number of anilines is 1. The number of halogens is 5. The number of nitrogens with zero attached hydrogens (tertiary/aromatic N) is 6. The van der Waals surface area contributed by atoms with Gasteiger partial charge in [-0.25, -0.2) is 14.6 Å². The minimum atomic E-state index is -4.70. The fourth-order valence-electron chi connectivity index (χ4n) is 4.76. The maximum Gasteiger partial charge on any atom is 0.437 e. The highest BCUT2D eigenvalue weighted by Gasteiger charge is 2.39. The van der Waals surface area contributed by atoms with Gasteiger partial charge in [0.05, 0.1) is 18.3 Å². The topological polar surface area (TPSA) is 79.2 Å². The molecule has 1 N–H and O–H groups in total. The van der Waals surface area contributed by atoms with Crippen molar-refractivity contribution in [3.63, 3.8) is 0 Å². The van der Waals surface area contributed by atoms with Crippen LogP contribution in [0.3, 0.4) is 0 Å². The smallest absolute Gasteiger partial charge is 0.352 e. The zero-order chi connectivity index (χ0) is 25.6. The largest absolute Gasteiger partial charge is 0.437 e. The van der Waals surface area contributed by atoms with Crippen molar-refractivity contribution in [1.82, 2.24) is 30.0 Å². The normalized spacial score (nSPS) is 19.8. The van der Waals surface area contributed by atoms with Gasteiger partial charge in [0, 0.05) is 36.2 Å². The number of benzene rings is 1. The van der Waals surface area contributed by atoms with Crippen molar-refractivity contribution in [1.29, 1.82) is 0 Å². The number of nitrogens with one attached hydrogen (secondary N) is 1. The van der Waals surface area contributed by atoms with Crippen molar-refractivity contribution in [2.75, 3.05) is 37.6 Å². The third kappa shape index (κ3) is 4.71. The molecule has 0 radical (unpaired) electrons. The summed E-state index contributed by atoms with van der Waals surface area (Å²) in [6.45, 7) is 4.53. The van der Waals surface area contributed by atoms with E-state index in [9.17, 15) is 18.0 Å². The van der Waals surface area contributed by atoms with E-state index in [1.165, 1.54) is 16.9 Å². The lowest BCUT2D eigenvalue weighted by atomic mass is 10.1. The summed E-state index contributed by atoms with van der Waals surface area (Å²) in [5.41, 5.74) is -0.872. The first-order valence-corrected chi connectivity index (χ1v) is 12.4. The lowest BCUT2D eigenvalue weighted by molar-refractivity contribution is -0.140. The Balaban J connectivity index is 1.45. The molecular weight excluding hydrogens is 518 g/mol. The summed E-state index contributed by atoms with van der Waals surface area (Å²) in [6.07, 6.45) is -1.55. The Kier molecular flexibility index (Phi) is 6.73. The van der Waals surface area contributed by atoms with Gasteiger partial charge >= 0.3 is 6.18 Å². The molecule has 36 heavy (non-hydrogen) atoms. The molecule has 2 aromatic heterocycles. The van der Waals surface area contributed by atoms with E-state index in [1.54, 1.807) is 19.1 Å². The number of alkyl halides is 3. The van der Waals surface area contributed by atoms with E-state index in [-0.39, 0.29) is 23.1 Å². The maximum absolute atomic E-state index is 13.8. The molecule has 0 saturated carbocycles. The summed E-state index contributed by atoms with van der Waals surface area (Å²) in [6, 6.07) is 4.01. The van der Waals surface area contributed by atoms with E-state index < -0.39 is 17.9 Å². The van der Waals surface area contributed by atoms with E-state index in [0.717, 1.165) is 19.4 Å². The van der Waals surface area contributed by atoms with Crippen molar-refractivity contribution >= 4 is 46.1 Å². The van der Waals surface area contributed by atoms with Crippen LogP contribution in [0.1, 0.15) is 37.1 Å². The second-order valence-electron chi connectivity index (χ2n) is 8.99. The Morgan fingerprint density at radius 1 is 1.19 bits per heavy atom. The molecule has 192 valence electrons. The molecule has 2 fully saturated rings. The second-order valence-corrected chi connectivity index (χ2v) is 9.84. The number of amides is 1. The number of aromatic nitrogens is 4. The van der Waals surface area contributed by atoms with Gasteiger partial charge in [-0.05, 0) is 44.0 Å². The average molecular weight is 542 g/mol. The molecule has 2 atom stereocenters. The van der Waals surface area contributed by atoms with Crippen molar-refractivity contribution in [3.05, 3.63) is 45.7 Å². The van der Waals surface area contributed by atoms with Crippen LogP contribution in [0.25, 0.3) is 11.2 Å². The molecule has 0 spiro atoms. The minimum absolute atomic E-state index is 0.00648. The molecule has 1 aromatic carbocycles. The third-order valence-corrected chi connectivity index (χ3v) is 7.27. The Hall–Kier alpha value is -2.63. The summed E-state index contributed by atoms with van der Waals surface area (Å²) < 4.78 is 42.6. The number of carbonyl (C=O) groups is 1. The van der Waals surface area contributed by atoms with Gasteiger partial charge in [0.15, 0.2) is 11.3 Å². The first kappa shape index (κ1) is 25.0. The van der Waals surface area contributed by atoms with Gasteiger partial charge in [0.25, 0.3) is 0 Å². The Bertz CT molecular complexity index is 1280. The van der Waals surface area contributed by atoms with E-state index >= 15 is 0 Å². The predicted octanol–water partition coefficient (Wildman–Crippen LogP) is 4.16. The molecule has 1 unspecified atom stereocenters. The highest BCUT2D eigenvalue weighted by molar-refractivity contribution is 6.35. The number of rotatable bonds is 4. The summed E-state index contributed by atoms with van der Waals surface area (Å²) in [5, 5.41) is 7.82. The molecule has 4 heterocycles. The monoisotopic (exact) mass is 541 g/mol. The first-order chi connectivity index (χ1) is 17.1. The number of hydrogen-bond donors (Lipinski definition) is 1. The van der Waals surface area contributed by atoms with Crippen LogP contribution in [-0.4, -0.2) is 69.3 Å². The van der Waals surface area contributed by atoms with Crippen LogP contribution in [0.4, 0.5) is 19.0 Å². The standard InChI is InChI=1S/C23H24Cl2F3N7O/c1-13(15-5-4-14(24)11-16(15)25)35-21-19(20(32-35)23(26,27)28)30-12-18(31-21)33-7-9-34(10-8-33)22(36)17-3-2-6-29-17/h4-5,11-13,17,29H,2-3,6-10H2,1H3/t13-,17?/m0/s1. The predicted molar refractivity (Wildman–Crippen MR) is 130 cm³/mol. The Morgan fingerprint density at radius 2 is 1.94 bits per heavy atom. The molecule has 2 aliphatic rings. The third-order valence-electron chi connectivity index (χ3n) is 6.71. The van der Waals surface area contributed by atoms with Crippen molar-refractivity contribution < 1.29 is 18.0 Å². The van der Waals surface area contributed by atoms with Crippen molar-refractivity contribution in [3.8, 4) is 0 Å². The van der Waals surface area contributed by atoms with Crippen LogP contribution >= 0.6 is 23.2 Å². The maximum atomic E-state index is 13.8. The van der Waals surface area contributed by atoms with Gasteiger partial charge in [-0.1, -0.05) is 29.3 Å². The van der Waals surface area contributed by atoms with E-state index in [2.05, 4.69) is 20.4 Å². The van der Waals surface area contributed by atoms with Crippen LogP contribution in [-0.2, 0) is 11.0 Å². The van der Waals surface area contributed by atoms with Gasteiger partial charge in [0.2, 0.25) is 5.91 Å². The molecule has 0 bridgehead atoms. The Labute approximate surface area is 215 Å². The molecule has 2 saturated heterocycles. The Morgan fingerprint density at radius 3 is 2.58 bits per heavy atom. The zero-order valence-corrected chi connectivity index (χ0v) is 20.9. The highest BCUT2D eigenvalue weighted by atomic mass is 35.5. The number of carbonyl (C=O) groups excluding carboxylic acids is 1. The molecular formula is C23H24Cl2F3N7O. The van der Waals surface area contributed by atoms with Gasteiger partial charge < -0.3 is 15.1 Å².